The molecule has 0 amide bonds. The second-order valence-corrected chi connectivity index (χ2v) is 4.56. The van der Waals surface area contributed by atoms with E-state index in [0.717, 1.165) is 18.4 Å². The average Bonchev–Trinajstić information content (AvgIpc) is 2.32. The molecule has 4 heteroatoms. The Balaban J connectivity index is 2.91. The highest BCUT2D eigenvalue weighted by Gasteiger charge is 2.04. The van der Waals surface area contributed by atoms with Gasteiger partial charge in [0.05, 0.1) is 16.7 Å². The molecule has 94 valence electrons. The van der Waals surface area contributed by atoms with Gasteiger partial charge in [-0.3, -0.25) is 0 Å². The molecule has 0 saturated carbocycles. The molecule has 1 aromatic carbocycles. The van der Waals surface area contributed by atoms with Crippen LogP contribution in [-0.4, -0.2) is 20.3 Å². The number of methoxy groups -OCH3 is 1. The van der Waals surface area contributed by atoms with Crippen molar-refractivity contribution < 1.29 is 4.74 Å². The van der Waals surface area contributed by atoms with Crippen LogP contribution >= 0.6 is 23.2 Å². The molecule has 0 heterocycles. The maximum Gasteiger partial charge on any atom is 0.0676 e. The molecule has 0 aromatic heterocycles. The van der Waals surface area contributed by atoms with E-state index in [1.54, 1.807) is 13.2 Å². The van der Waals surface area contributed by atoms with Gasteiger partial charge in [-0.2, -0.15) is 0 Å². The Morgan fingerprint density at radius 3 is 2.82 bits per heavy atom. The number of ether oxygens (including phenoxy) is 1. The largest absolute Gasteiger partial charge is 0.380 e. The van der Waals surface area contributed by atoms with Gasteiger partial charge in [0, 0.05) is 7.11 Å². The van der Waals surface area contributed by atoms with Crippen molar-refractivity contribution in [2.45, 2.75) is 12.8 Å². The molecule has 0 radical (unpaired) electrons. The van der Waals surface area contributed by atoms with Crippen molar-refractivity contribution in [1.82, 2.24) is 0 Å². The van der Waals surface area contributed by atoms with Crippen molar-refractivity contribution in [2.75, 3.05) is 20.3 Å². The van der Waals surface area contributed by atoms with Crippen molar-refractivity contribution in [3.63, 3.8) is 0 Å². The minimum atomic E-state index is 0.566. The normalized spacial score (nSPS) is 11.9. The van der Waals surface area contributed by atoms with E-state index in [-0.39, 0.29) is 0 Å². The summed E-state index contributed by atoms with van der Waals surface area (Å²) in [5.74, 6) is 0. The molecule has 0 saturated heterocycles. The van der Waals surface area contributed by atoms with E-state index in [1.165, 1.54) is 5.57 Å². The first-order chi connectivity index (χ1) is 8.19. The monoisotopic (exact) mass is 273 g/mol. The predicted molar refractivity (Wildman–Crippen MR) is 74.6 cm³/mol. The number of rotatable bonds is 6. The Morgan fingerprint density at radius 2 is 2.18 bits per heavy atom. The smallest absolute Gasteiger partial charge is 0.0676 e. The predicted octanol–water partition coefficient (Wildman–Crippen LogP) is 3.76. The minimum absolute atomic E-state index is 0.566. The van der Waals surface area contributed by atoms with Gasteiger partial charge in [0.15, 0.2) is 0 Å². The number of nitrogens with two attached hydrogens (primary N) is 1. The molecule has 2 N–H and O–H groups in total. The van der Waals surface area contributed by atoms with Gasteiger partial charge in [0.25, 0.3) is 0 Å². The van der Waals surface area contributed by atoms with E-state index >= 15 is 0 Å². The molecular weight excluding hydrogens is 257 g/mol. The van der Waals surface area contributed by atoms with Crippen molar-refractivity contribution in [3.8, 4) is 0 Å². The zero-order valence-electron chi connectivity index (χ0n) is 9.88. The third-order valence-corrected chi connectivity index (χ3v) is 3.21. The zero-order valence-corrected chi connectivity index (χ0v) is 11.4. The van der Waals surface area contributed by atoms with Crippen molar-refractivity contribution in [2.24, 2.45) is 5.73 Å². The lowest BCUT2D eigenvalue weighted by Gasteiger charge is -2.07. The lowest BCUT2D eigenvalue weighted by molar-refractivity contribution is 0.223. The summed E-state index contributed by atoms with van der Waals surface area (Å²) in [6, 6.07) is 5.59. The highest BCUT2D eigenvalue weighted by molar-refractivity contribution is 6.42. The van der Waals surface area contributed by atoms with Crippen LogP contribution in [0.1, 0.15) is 18.4 Å². The Kier molecular flexibility index (Phi) is 6.60. The molecular formula is C13H17Cl2NO. The van der Waals surface area contributed by atoms with E-state index in [1.807, 2.05) is 18.2 Å². The molecule has 17 heavy (non-hydrogen) atoms. The fraction of sp³-hybridized carbons (Fsp3) is 0.385. The molecule has 0 aliphatic rings. The van der Waals surface area contributed by atoms with Gasteiger partial charge in [-0.1, -0.05) is 41.4 Å². The lowest BCUT2D eigenvalue weighted by Crippen LogP contribution is -2.02. The van der Waals surface area contributed by atoms with E-state index in [0.29, 0.717) is 23.2 Å². The summed E-state index contributed by atoms with van der Waals surface area (Å²) in [6.07, 6.45) is 3.87. The third kappa shape index (κ3) is 4.68. The quantitative estimate of drug-likeness (QED) is 0.857. The zero-order chi connectivity index (χ0) is 12.7. The van der Waals surface area contributed by atoms with Gasteiger partial charge in [0.1, 0.15) is 0 Å². The highest BCUT2D eigenvalue weighted by atomic mass is 35.5. The number of halogens is 2. The van der Waals surface area contributed by atoms with Gasteiger partial charge in [0.2, 0.25) is 0 Å². The summed E-state index contributed by atoms with van der Waals surface area (Å²) in [5, 5.41) is 1.14. The summed E-state index contributed by atoms with van der Waals surface area (Å²) in [4.78, 5) is 0. The van der Waals surface area contributed by atoms with Crippen LogP contribution in [0.5, 0.6) is 0 Å². The molecule has 0 aliphatic heterocycles. The van der Waals surface area contributed by atoms with Crippen LogP contribution in [0.25, 0.3) is 6.08 Å². The second-order valence-electron chi connectivity index (χ2n) is 3.77. The molecule has 0 fully saturated rings. The van der Waals surface area contributed by atoms with Crippen molar-refractivity contribution in [3.05, 3.63) is 39.4 Å². The Bertz CT molecular complexity index is 391. The topological polar surface area (TPSA) is 35.2 Å². The van der Waals surface area contributed by atoms with Crippen LogP contribution in [0.2, 0.25) is 10.0 Å². The van der Waals surface area contributed by atoms with Gasteiger partial charge in [-0.25, -0.2) is 0 Å². The maximum absolute atomic E-state index is 6.13. The first-order valence-corrected chi connectivity index (χ1v) is 6.27. The van der Waals surface area contributed by atoms with Crippen molar-refractivity contribution >= 4 is 29.3 Å². The Labute approximate surface area is 112 Å². The van der Waals surface area contributed by atoms with E-state index in [2.05, 4.69) is 0 Å². The van der Waals surface area contributed by atoms with Crippen LogP contribution in [0.3, 0.4) is 0 Å². The molecule has 1 rings (SSSR count). The molecule has 1 aromatic rings. The Hall–Kier alpha value is -0.540. The van der Waals surface area contributed by atoms with E-state index in [9.17, 15) is 0 Å². The van der Waals surface area contributed by atoms with Gasteiger partial charge >= 0.3 is 0 Å². The SMILES string of the molecule is COC/C(=C/c1cccc(Cl)c1Cl)CCCN. The summed E-state index contributed by atoms with van der Waals surface area (Å²) in [7, 11) is 1.68. The average molecular weight is 274 g/mol. The van der Waals surface area contributed by atoms with Crippen LogP contribution in [-0.2, 0) is 4.74 Å². The minimum Gasteiger partial charge on any atom is -0.380 e. The Morgan fingerprint density at radius 1 is 1.41 bits per heavy atom. The lowest BCUT2D eigenvalue weighted by atomic mass is 10.1. The molecule has 0 spiro atoms. The molecule has 0 unspecified atom stereocenters. The van der Waals surface area contributed by atoms with Crippen LogP contribution in [0.15, 0.2) is 23.8 Å². The van der Waals surface area contributed by atoms with Crippen LogP contribution in [0, 0.1) is 0 Å². The summed E-state index contributed by atoms with van der Waals surface area (Å²) in [5.41, 5.74) is 7.59. The first-order valence-electron chi connectivity index (χ1n) is 5.51. The summed E-state index contributed by atoms with van der Waals surface area (Å²) in [6.45, 7) is 1.26. The molecule has 0 bridgehead atoms. The van der Waals surface area contributed by atoms with Gasteiger partial charge < -0.3 is 10.5 Å². The van der Waals surface area contributed by atoms with Gasteiger partial charge in [-0.05, 0) is 36.6 Å². The summed E-state index contributed by atoms with van der Waals surface area (Å²) >= 11 is 12.1. The van der Waals surface area contributed by atoms with Crippen LogP contribution < -0.4 is 5.73 Å². The second kappa shape index (κ2) is 7.72. The number of hydrogen-bond donors (Lipinski definition) is 1. The maximum atomic E-state index is 6.13. The fourth-order valence-corrected chi connectivity index (χ4v) is 1.91. The number of benzene rings is 1. The molecule has 0 atom stereocenters. The number of hydrogen-bond acceptors (Lipinski definition) is 2. The first kappa shape index (κ1) is 14.5. The standard InChI is InChI=1S/C13H17Cl2NO/c1-17-9-10(4-3-7-16)8-11-5-2-6-12(14)13(11)15/h2,5-6,8H,3-4,7,9,16H2,1H3/b10-8+. The van der Waals surface area contributed by atoms with Crippen molar-refractivity contribution in [1.29, 1.82) is 0 Å². The molecule has 2 nitrogen and oxygen atoms in total. The fourth-order valence-electron chi connectivity index (χ4n) is 1.55. The van der Waals surface area contributed by atoms with E-state index < -0.39 is 0 Å². The third-order valence-electron chi connectivity index (χ3n) is 2.37. The highest BCUT2D eigenvalue weighted by Crippen LogP contribution is 2.27. The van der Waals surface area contributed by atoms with E-state index in [4.69, 9.17) is 33.7 Å². The van der Waals surface area contributed by atoms with Gasteiger partial charge in [-0.15, -0.1) is 0 Å². The summed E-state index contributed by atoms with van der Waals surface area (Å²) < 4.78 is 5.16. The van der Waals surface area contributed by atoms with Crippen LogP contribution in [0.4, 0.5) is 0 Å². The molecule has 0 aliphatic carbocycles.